The molecule has 1 atom stereocenters. The molecule has 0 spiro atoms. The van der Waals surface area contributed by atoms with Crippen molar-refractivity contribution in [3.8, 4) is 0 Å². The number of likely N-dealkylation sites (tertiary alicyclic amines) is 1. The molecule has 3 rings (SSSR count). The number of nitrogens with zero attached hydrogens (tertiary/aromatic N) is 4. The summed E-state index contributed by atoms with van der Waals surface area (Å²) in [6, 6.07) is 10.9. The first kappa shape index (κ1) is 17.5. The number of piperidine rings is 1. The van der Waals surface area contributed by atoms with E-state index in [4.69, 9.17) is 0 Å². The van der Waals surface area contributed by atoms with Gasteiger partial charge >= 0.3 is 0 Å². The van der Waals surface area contributed by atoms with Gasteiger partial charge in [-0.3, -0.25) is 9.78 Å². The highest BCUT2D eigenvalue weighted by Crippen LogP contribution is 2.17. The van der Waals surface area contributed by atoms with Crippen LogP contribution in [0, 0.1) is 0 Å². The SMILES string of the molecule is CN(C(=O)c1cnccn1)[C@H]1CCCN(CCCc2ccccc2)C1. The van der Waals surface area contributed by atoms with Gasteiger partial charge in [-0.05, 0) is 44.3 Å². The Kier molecular flexibility index (Phi) is 6.12. The zero-order valence-electron chi connectivity index (χ0n) is 14.8. The summed E-state index contributed by atoms with van der Waals surface area (Å²) in [5.41, 5.74) is 1.82. The van der Waals surface area contributed by atoms with Crippen molar-refractivity contribution in [2.75, 3.05) is 26.7 Å². The number of carbonyl (C=O) groups excluding carboxylic acids is 1. The van der Waals surface area contributed by atoms with Gasteiger partial charge in [-0.1, -0.05) is 30.3 Å². The van der Waals surface area contributed by atoms with Crippen LogP contribution in [-0.4, -0.2) is 58.4 Å². The van der Waals surface area contributed by atoms with E-state index in [1.807, 2.05) is 11.9 Å². The Morgan fingerprint density at radius 1 is 1.28 bits per heavy atom. The summed E-state index contributed by atoms with van der Waals surface area (Å²) < 4.78 is 0. The normalized spacial score (nSPS) is 18.0. The van der Waals surface area contributed by atoms with Crippen LogP contribution in [0.2, 0.25) is 0 Å². The molecule has 1 aliphatic rings. The van der Waals surface area contributed by atoms with Gasteiger partial charge in [0.2, 0.25) is 0 Å². The van der Waals surface area contributed by atoms with Gasteiger partial charge < -0.3 is 9.80 Å². The molecule has 2 aromatic rings. The molecular weight excluding hydrogens is 312 g/mol. The molecular formula is C20H26N4O. The van der Waals surface area contributed by atoms with Gasteiger partial charge in [0, 0.05) is 32.0 Å². The van der Waals surface area contributed by atoms with E-state index in [0.29, 0.717) is 5.69 Å². The highest BCUT2D eigenvalue weighted by molar-refractivity contribution is 5.92. The minimum absolute atomic E-state index is 0.0377. The second kappa shape index (κ2) is 8.72. The standard InChI is InChI=1S/C20H26N4O/c1-23(20(25)19-15-21-11-12-22-19)18-10-6-14-24(16-18)13-5-9-17-7-3-2-4-8-17/h2-4,7-8,11-12,15,18H,5-6,9-10,13-14,16H2,1H3/t18-/m0/s1. The number of aryl methyl sites for hydroxylation is 1. The molecule has 1 amide bonds. The number of hydrogen-bond donors (Lipinski definition) is 0. The smallest absolute Gasteiger partial charge is 0.274 e. The fourth-order valence-corrected chi connectivity index (χ4v) is 3.46. The molecule has 0 bridgehead atoms. The fourth-order valence-electron chi connectivity index (χ4n) is 3.46. The Labute approximate surface area is 149 Å². The maximum atomic E-state index is 12.6. The van der Waals surface area contributed by atoms with E-state index in [-0.39, 0.29) is 11.9 Å². The molecule has 5 nitrogen and oxygen atoms in total. The molecule has 1 aliphatic heterocycles. The van der Waals surface area contributed by atoms with Crippen molar-refractivity contribution < 1.29 is 4.79 Å². The summed E-state index contributed by atoms with van der Waals surface area (Å²) in [6.07, 6.45) is 9.14. The average Bonchev–Trinajstić information content (AvgIpc) is 2.68. The van der Waals surface area contributed by atoms with Crippen LogP contribution in [0.4, 0.5) is 0 Å². The Hall–Kier alpha value is -2.27. The van der Waals surface area contributed by atoms with Crippen molar-refractivity contribution in [2.45, 2.75) is 31.7 Å². The van der Waals surface area contributed by atoms with Crippen LogP contribution in [0.3, 0.4) is 0 Å². The molecule has 0 unspecified atom stereocenters. The van der Waals surface area contributed by atoms with Crippen molar-refractivity contribution in [3.63, 3.8) is 0 Å². The van der Waals surface area contributed by atoms with E-state index in [9.17, 15) is 4.79 Å². The molecule has 0 N–H and O–H groups in total. The maximum Gasteiger partial charge on any atom is 0.274 e. The second-order valence-electron chi connectivity index (χ2n) is 6.69. The van der Waals surface area contributed by atoms with Crippen molar-refractivity contribution in [1.29, 1.82) is 0 Å². The van der Waals surface area contributed by atoms with Gasteiger partial charge in [-0.25, -0.2) is 4.98 Å². The lowest BCUT2D eigenvalue weighted by Crippen LogP contribution is -2.48. The summed E-state index contributed by atoms with van der Waals surface area (Å²) >= 11 is 0. The molecule has 1 aromatic carbocycles. The lowest BCUT2D eigenvalue weighted by Gasteiger charge is -2.37. The largest absolute Gasteiger partial charge is 0.336 e. The first-order valence-electron chi connectivity index (χ1n) is 9.03. The molecule has 0 radical (unpaired) electrons. The molecule has 25 heavy (non-hydrogen) atoms. The molecule has 1 saturated heterocycles. The van der Waals surface area contributed by atoms with E-state index >= 15 is 0 Å². The minimum atomic E-state index is -0.0377. The number of amides is 1. The van der Waals surface area contributed by atoms with Gasteiger partial charge in [0.1, 0.15) is 5.69 Å². The van der Waals surface area contributed by atoms with E-state index in [2.05, 4.69) is 45.2 Å². The first-order chi connectivity index (χ1) is 12.2. The number of benzene rings is 1. The van der Waals surface area contributed by atoms with Crippen LogP contribution in [-0.2, 0) is 6.42 Å². The summed E-state index contributed by atoms with van der Waals surface area (Å²) in [7, 11) is 1.88. The quantitative estimate of drug-likeness (QED) is 0.812. The zero-order chi connectivity index (χ0) is 17.5. The number of rotatable bonds is 6. The first-order valence-corrected chi connectivity index (χ1v) is 9.03. The average molecular weight is 338 g/mol. The molecule has 1 fully saturated rings. The second-order valence-corrected chi connectivity index (χ2v) is 6.69. The summed E-state index contributed by atoms with van der Waals surface area (Å²) in [4.78, 5) is 25.0. The summed E-state index contributed by atoms with van der Waals surface area (Å²) in [6.45, 7) is 3.15. The van der Waals surface area contributed by atoms with Gasteiger partial charge in [0.15, 0.2) is 0 Å². The van der Waals surface area contributed by atoms with E-state index in [0.717, 1.165) is 45.3 Å². The monoisotopic (exact) mass is 338 g/mol. The lowest BCUT2D eigenvalue weighted by molar-refractivity contribution is 0.0611. The Morgan fingerprint density at radius 2 is 2.12 bits per heavy atom. The van der Waals surface area contributed by atoms with Crippen LogP contribution in [0.5, 0.6) is 0 Å². The van der Waals surface area contributed by atoms with E-state index in [1.165, 1.54) is 5.56 Å². The van der Waals surface area contributed by atoms with Gasteiger partial charge in [-0.2, -0.15) is 0 Å². The van der Waals surface area contributed by atoms with Gasteiger partial charge in [0.25, 0.3) is 5.91 Å². The molecule has 5 heteroatoms. The van der Waals surface area contributed by atoms with Crippen LogP contribution in [0.15, 0.2) is 48.9 Å². The van der Waals surface area contributed by atoms with Crippen molar-refractivity contribution in [2.24, 2.45) is 0 Å². The van der Waals surface area contributed by atoms with Gasteiger partial charge in [0.05, 0.1) is 6.20 Å². The number of carbonyl (C=O) groups is 1. The third-order valence-corrected chi connectivity index (χ3v) is 4.91. The fraction of sp³-hybridized carbons (Fsp3) is 0.450. The maximum absolute atomic E-state index is 12.6. The Bertz CT molecular complexity index is 662. The van der Waals surface area contributed by atoms with Crippen LogP contribution < -0.4 is 0 Å². The predicted octanol–water partition coefficient (Wildman–Crippen LogP) is 2.65. The Morgan fingerprint density at radius 3 is 2.88 bits per heavy atom. The zero-order valence-corrected chi connectivity index (χ0v) is 14.8. The topological polar surface area (TPSA) is 49.3 Å². The summed E-state index contributed by atoms with van der Waals surface area (Å²) in [5.74, 6) is -0.0377. The molecule has 0 aliphatic carbocycles. The number of likely N-dealkylation sites (N-methyl/N-ethyl adjacent to an activating group) is 1. The molecule has 1 aromatic heterocycles. The third kappa shape index (κ3) is 4.86. The highest BCUT2D eigenvalue weighted by Gasteiger charge is 2.27. The van der Waals surface area contributed by atoms with Crippen LogP contribution >= 0.6 is 0 Å². The lowest BCUT2D eigenvalue weighted by atomic mass is 10.0. The predicted molar refractivity (Wildman–Crippen MR) is 98.4 cm³/mol. The number of aromatic nitrogens is 2. The van der Waals surface area contributed by atoms with Gasteiger partial charge in [-0.15, -0.1) is 0 Å². The van der Waals surface area contributed by atoms with Crippen molar-refractivity contribution in [1.82, 2.24) is 19.8 Å². The van der Waals surface area contributed by atoms with Crippen LogP contribution in [0.1, 0.15) is 35.3 Å². The Balaban J connectivity index is 1.49. The van der Waals surface area contributed by atoms with Crippen molar-refractivity contribution in [3.05, 3.63) is 60.2 Å². The molecule has 2 heterocycles. The summed E-state index contributed by atoms with van der Waals surface area (Å²) in [5, 5.41) is 0. The minimum Gasteiger partial charge on any atom is -0.336 e. The van der Waals surface area contributed by atoms with Crippen LogP contribution in [0.25, 0.3) is 0 Å². The molecule has 0 saturated carbocycles. The number of hydrogen-bond acceptors (Lipinski definition) is 4. The highest BCUT2D eigenvalue weighted by atomic mass is 16.2. The molecule has 132 valence electrons. The van der Waals surface area contributed by atoms with E-state index in [1.54, 1.807) is 18.6 Å². The van der Waals surface area contributed by atoms with Crippen molar-refractivity contribution >= 4 is 5.91 Å². The third-order valence-electron chi connectivity index (χ3n) is 4.91. The van der Waals surface area contributed by atoms with E-state index < -0.39 is 0 Å².